The predicted octanol–water partition coefficient (Wildman–Crippen LogP) is 2.17. The molecule has 1 aromatic carbocycles. The van der Waals surface area contributed by atoms with Gasteiger partial charge >= 0.3 is 0 Å². The van der Waals surface area contributed by atoms with E-state index in [0.29, 0.717) is 12.1 Å². The van der Waals surface area contributed by atoms with E-state index in [2.05, 4.69) is 39.1 Å². The van der Waals surface area contributed by atoms with Crippen molar-refractivity contribution in [3.05, 3.63) is 29.3 Å². The van der Waals surface area contributed by atoms with E-state index in [9.17, 15) is 4.79 Å². The fourth-order valence-electron chi connectivity index (χ4n) is 4.21. The summed E-state index contributed by atoms with van der Waals surface area (Å²) >= 11 is 0. The van der Waals surface area contributed by atoms with Crippen LogP contribution >= 0.6 is 0 Å². The van der Waals surface area contributed by atoms with E-state index in [1.807, 2.05) is 7.05 Å². The summed E-state index contributed by atoms with van der Waals surface area (Å²) in [7, 11) is 1.81. The molecule has 1 heterocycles. The number of amides is 1. The molecule has 1 aromatic rings. The lowest BCUT2D eigenvalue weighted by atomic mass is 9.85. The number of nitrogens with zero attached hydrogens (tertiary/aromatic N) is 1. The number of rotatable bonds is 6. The van der Waals surface area contributed by atoms with Crippen LogP contribution in [0.2, 0.25) is 0 Å². The first kappa shape index (κ1) is 19.1. The summed E-state index contributed by atoms with van der Waals surface area (Å²) in [5.41, 5.74) is 2.64. The lowest BCUT2D eigenvalue weighted by molar-refractivity contribution is -0.126. The standard InChI is InChI=1S/C22H32N4O2/c1-23-22(24-11-9-15-5-8-20-16(13-15)10-12-28-20)26-19-4-2-3-17(14-19)21(27)25-18-6-7-18/h5,8,13,17-19H,2-4,6-7,9-12,14H2,1H3,(H,25,27)(H2,23,24,26). The van der Waals surface area contributed by atoms with Crippen LogP contribution in [0.3, 0.4) is 0 Å². The van der Waals surface area contributed by atoms with E-state index in [1.165, 1.54) is 11.1 Å². The lowest BCUT2D eigenvalue weighted by Gasteiger charge is -2.30. The maximum atomic E-state index is 12.4. The van der Waals surface area contributed by atoms with Crippen molar-refractivity contribution in [3.63, 3.8) is 0 Å². The molecule has 0 aromatic heterocycles. The molecule has 1 aliphatic heterocycles. The number of nitrogens with one attached hydrogen (secondary N) is 3. The van der Waals surface area contributed by atoms with Crippen molar-refractivity contribution in [1.29, 1.82) is 0 Å². The van der Waals surface area contributed by atoms with Gasteiger partial charge in [-0.15, -0.1) is 0 Å². The molecule has 1 amide bonds. The minimum atomic E-state index is 0.138. The zero-order chi connectivity index (χ0) is 19.3. The quantitative estimate of drug-likeness (QED) is 0.519. The molecule has 3 N–H and O–H groups in total. The first-order valence-electron chi connectivity index (χ1n) is 10.7. The molecule has 2 saturated carbocycles. The van der Waals surface area contributed by atoms with Gasteiger partial charge in [0, 0.05) is 38.0 Å². The molecule has 28 heavy (non-hydrogen) atoms. The lowest BCUT2D eigenvalue weighted by Crippen LogP contribution is -2.47. The van der Waals surface area contributed by atoms with Crippen LogP contribution in [-0.2, 0) is 17.6 Å². The second kappa shape index (κ2) is 8.84. The Bertz CT molecular complexity index is 729. The van der Waals surface area contributed by atoms with Crippen molar-refractivity contribution in [2.75, 3.05) is 20.2 Å². The topological polar surface area (TPSA) is 74.8 Å². The maximum Gasteiger partial charge on any atom is 0.223 e. The fourth-order valence-corrected chi connectivity index (χ4v) is 4.21. The summed E-state index contributed by atoms with van der Waals surface area (Å²) in [6.45, 7) is 1.63. The summed E-state index contributed by atoms with van der Waals surface area (Å²) in [4.78, 5) is 16.7. The molecule has 0 spiro atoms. The Labute approximate surface area is 167 Å². The van der Waals surface area contributed by atoms with Gasteiger partial charge in [-0.25, -0.2) is 0 Å². The van der Waals surface area contributed by atoms with Gasteiger partial charge < -0.3 is 20.7 Å². The number of aliphatic imine (C=N–C) groups is 1. The van der Waals surface area contributed by atoms with Crippen LogP contribution in [0.15, 0.2) is 23.2 Å². The number of benzene rings is 1. The predicted molar refractivity (Wildman–Crippen MR) is 111 cm³/mol. The molecular weight excluding hydrogens is 352 g/mol. The van der Waals surface area contributed by atoms with Crippen LogP contribution in [-0.4, -0.2) is 44.1 Å². The van der Waals surface area contributed by atoms with Gasteiger partial charge in [-0.1, -0.05) is 18.6 Å². The number of carbonyl (C=O) groups excluding carboxylic acids is 1. The summed E-state index contributed by atoms with van der Waals surface area (Å²) in [6.07, 6.45) is 8.34. The third-order valence-corrected chi connectivity index (χ3v) is 5.99. The van der Waals surface area contributed by atoms with Crippen molar-refractivity contribution in [1.82, 2.24) is 16.0 Å². The highest BCUT2D eigenvalue weighted by molar-refractivity contribution is 5.81. The van der Waals surface area contributed by atoms with Crippen molar-refractivity contribution in [2.24, 2.45) is 10.9 Å². The second-order valence-corrected chi connectivity index (χ2v) is 8.28. The van der Waals surface area contributed by atoms with E-state index in [4.69, 9.17) is 4.74 Å². The third kappa shape index (κ3) is 4.97. The van der Waals surface area contributed by atoms with E-state index in [-0.39, 0.29) is 11.8 Å². The highest BCUT2D eigenvalue weighted by Gasteiger charge is 2.31. The van der Waals surface area contributed by atoms with Crippen LogP contribution in [0, 0.1) is 5.92 Å². The van der Waals surface area contributed by atoms with Crippen molar-refractivity contribution in [3.8, 4) is 5.75 Å². The summed E-state index contributed by atoms with van der Waals surface area (Å²) < 4.78 is 5.57. The van der Waals surface area contributed by atoms with Gasteiger partial charge in [-0.3, -0.25) is 9.79 Å². The fraction of sp³-hybridized carbons (Fsp3) is 0.636. The monoisotopic (exact) mass is 384 g/mol. The summed E-state index contributed by atoms with van der Waals surface area (Å²) in [5, 5.41) is 10.1. The van der Waals surface area contributed by atoms with Gasteiger partial charge in [0.15, 0.2) is 5.96 Å². The average molecular weight is 385 g/mol. The highest BCUT2D eigenvalue weighted by Crippen LogP contribution is 2.27. The molecular formula is C22H32N4O2. The Kier molecular flexibility index (Phi) is 6.03. The third-order valence-electron chi connectivity index (χ3n) is 5.99. The zero-order valence-electron chi connectivity index (χ0n) is 16.8. The number of hydrogen-bond donors (Lipinski definition) is 3. The number of hydrogen-bond acceptors (Lipinski definition) is 3. The number of fused-ring (bicyclic) bond motifs is 1. The molecule has 2 fully saturated rings. The van der Waals surface area contributed by atoms with E-state index in [0.717, 1.165) is 76.2 Å². The molecule has 2 aliphatic carbocycles. The number of guanidine groups is 1. The minimum absolute atomic E-state index is 0.138. The first-order chi connectivity index (χ1) is 13.7. The van der Waals surface area contributed by atoms with Crippen molar-refractivity contribution < 1.29 is 9.53 Å². The molecule has 152 valence electrons. The smallest absolute Gasteiger partial charge is 0.223 e. The Morgan fingerprint density at radius 1 is 1.18 bits per heavy atom. The Morgan fingerprint density at radius 2 is 2.07 bits per heavy atom. The molecule has 2 atom stereocenters. The number of ether oxygens (including phenoxy) is 1. The molecule has 0 saturated heterocycles. The van der Waals surface area contributed by atoms with Crippen LogP contribution in [0.1, 0.15) is 49.7 Å². The Morgan fingerprint density at radius 3 is 2.89 bits per heavy atom. The van der Waals surface area contributed by atoms with Gasteiger partial charge in [0.2, 0.25) is 5.91 Å². The highest BCUT2D eigenvalue weighted by atomic mass is 16.5. The van der Waals surface area contributed by atoms with Crippen molar-refractivity contribution >= 4 is 11.9 Å². The molecule has 2 unspecified atom stereocenters. The van der Waals surface area contributed by atoms with Gasteiger partial charge in [-0.2, -0.15) is 0 Å². The summed E-state index contributed by atoms with van der Waals surface area (Å²) in [6, 6.07) is 7.24. The van der Waals surface area contributed by atoms with E-state index in [1.54, 1.807) is 0 Å². The summed E-state index contributed by atoms with van der Waals surface area (Å²) in [5.74, 6) is 2.25. The number of carbonyl (C=O) groups is 1. The second-order valence-electron chi connectivity index (χ2n) is 8.28. The van der Waals surface area contributed by atoms with E-state index >= 15 is 0 Å². The largest absolute Gasteiger partial charge is 0.493 e. The Hall–Kier alpha value is -2.24. The average Bonchev–Trinajstić information content (AvgIpc) is 3.40. The molecule has 3 aliphatic rings. The van der Waals surface area contributed by atoms with Gasteiger partial charge in [0.1, 0.15) is 5.75 Å². The van der Waals surface area contributed by atoms with Gasteiger partial charge in [-0.05, 0) is 55.7 Å². The molecule has 4 rings (SSSR count). The molecule has 0 bridgehead atoms. The van der Waals surface area contributed by atoms with Crippen LogP contribution in [0.4, 0.5) is 0 Å². The SMILES string of the molecule is CN=C(NCCc1ccc2c(c1)CCO2)NC1CCCC(C(=O)NC2CC2)C1. The molecule has 6 nitrogen and oxygen atoms in total. The van der Waals surface area contributed by atoms with Crippen LogP contribution in [0.5, 0.6) is 5.75 Å². The van der Waals surface area contributed by atoms with Crippen LogP contribution < -0.4 is 20.7 Å². The zero-order valence-corrected chi connectivity index (χ0v) is 16.8. The molecule has 0 radical (unpaired) electrons. The van der Waals surface area contributed by atoms with Crippen LogP contribution in [0.25, 0.3) is 0 Å². The minimum Gasteiger partial charge on any atom is -0.493 e. The van der Waals surface area contributed by atoms with Gasteiger partial charge in [0.05, 0.1) is 6.61 Å². The molecule has 6 heteroatoms. The maximum absolute atomic E-state index is 12.4. The Balaban J connectivity index is 1.22. The van der Waals surface area contributed by atoms with Crippen molar-refractivity contribution in [2.45, 2.75) is 63.5 Å². The van der Waals surface area contributed by atoms with E-state index < -0.39 is 0 Å². The first-order valence-corrected chi connectivity index (χ1v) is 10.7. The normalized spacial score (nSPS) is 24.2. The van der Waals surface area contributed by atoms with Gasteiger partial charge in [0.25, 0.3) is 0 Å².